The van der Waals surface area contributed by atoms with Gasteiger partial charge in [0.15, 0.2) is 6.29 Å². The summed E-state index contributed by atoms with van der Waals surface area (Å²) in [5.41, 5.74) is 7.95. The standard InChI is InChI=1S/C22H25Cl3N4O3/c1-4-31-19(32-5-2)13-28(3)29(22(27)30)16-8-6-14(7-9-16)10-15-11-18(23)17(12-26)21(25)20(15)24/h6-9,11,19H,4-5,10,13H2,1-3H3,(H2,27,30). The predicted octanol–water partition coefficient (Wildman–Crippen LogP) is 5.24. The van der Waals surface area contributed by atoms with Crippen molar-refractivity contribution in [2.24, 2.45) is 5.73 Å². The Labute approximate surface area is 203 Å². The molecule has 0 aliphatic heterocycles. The lowest BCUT2D eigenvalue weighted by molar-refractivity contribution is -0.145. The second-order valence-electron chi connectivity index (χ2n) is 6.81. The fraction of sp³-hybridized carbons (Fsp3) is 0.364. The van der Waals surface area contributed by atoms with E-state index in [4.69, 9.17) is 55.3 Å². The average molecular weight is 500 g/mol. The molecule has 0 aliphatic carbocycles. The topological polar surface area (TPSA) is 91.8 Å². The van der Waals surface area contributed by atoms with Crippen LogP contribution in [0.5, 0.6) is 0 Å². The van der Waals surface area contributed by atoms with Crippen molar-refractivity contribution in [3.05, 3.63) is 62.1 Å². The molecule has 2 rings (SSSR count). The second-order valence-corrected chi connectivity index (χ2v) is 7.97. The first kappa shape index (κ1) is 26.2. The molecule has 2 amide bonds. The highest BCUT2D eigenvalue weighted by molar-refractivity contribution is 6.44. The van der Waals surface area contributed by atoms with Crippen molar-refractivity contribution in [1.82, 2.24) is 5.01 Å². The minimum absolute atomic E-state index is 0.132. The number of hydrazine groups is 1. The maximum atomic E-state index is 12.1. The molecule has 0 atom stereocenters. The third kappa shape index (κ3) is 6.48. The van der Waals surface area contributed by atoms with Gasteiger partial charge in [0.2, 0.25) is 0 Å². The fourth-order valence-electron chi connectivity index (χ4n) is 3.17. The van der Waals surface area contributed by atoms with Crippen LogP contribution in [0.25, 0.3) is 0 Å². The first-order valence-corrected chi connectivity index (χ1v) is 11.1. The van der Waals surface area contributed by atoms with Gasteiger partial charge in [0, 0.05) is 20.3 Å². The summed E-state index contributed by atoms with van der Waals surface area (Å²) in [6.45, 7) is 5.02. The summed E-state index contributed by atoms with van der Waals surface area (Å²) < 4.78 is 11.1. The van der Waals surface area contributed by atoms with Crippen LogP contribution in [0.2, 0.25) is 15.1 Å². The van der Waals surface area contributed by atoms with Crippen LogP contribution in [-0.2, 0) is 15.9 Å². The van der Waals surface area contributed by atoms with Crippen molar-refractivity contribution in [2.45, 2.75) is 26.6 Å². The van der Waals surface area contributed by atoms with E-state index < -0.39 is 12.3 Å². The number of carbonyl (C=O) groups excluding carboxylic acids is 1. The van der Waals surface area contributed by atoms with Gasteiger partial charge in [0.05, 0.1) is 32.9 Å². The molecule has 0 heterocycles. The second kappa shape index (κ2) is 12.3. The van der Waals surface area contributed by atoms with E-state index in [2.05, 4.69) is 0 Å². The highest BCUT2D eigenvalue weighted by Crippen LogP contribution is 2.35. The zero-order valence-electron chi connectivity index (χ0n) is 18.1. The predicted molar refractivity (Wildman–Crippen MR) is 127 cm³/mol. The maximum Gasteiger partial charge on any atom is 0.334 e. The monoisotopic (exact) mass is 498 g/mol. The summed E-state index contributed by atoms with van der Waals surface area (Å²) in [5, 5.41) is 12.8. The highest BCUT2D eigenvalue weighted by atomic mass is 35.5. The Morgan fingerprint density at radius 1 is 1.12 bits per heavy atom. The van der Waals surface area contributed by atoms with E-state index in [-0.39, 0.29) is 20.6 Å². The number of rotatable bonds is 10. The van der Waals surface area contributed by atoms with Gasteiger partial charge in [0.1, 0.15) is 6.07 Å². The van der Waals surface area contributed by atoms with Crippen LogP contribution in [0.15, 0.2) is 30.3 Å². The molecule has 0 radical (unpaired) electrons. The lowest BCUT2D eigenvalue weighted by Gasteiger charge is -2.32. The molecule has 2 aromatic rings. The lowest BCUT2D eigenvalue weighted by Crippen LogP contribution is -2.50. The number of primary amides is 1. The Bertz CT molecular complexity index is 974. The summed E-state index contributed by atoms with van der Waals surface area (Å²) in [6.07, 6.45) is -0.0582. The van der Waals surface area contributed by atoms with Gasteiger partial charge < -0.3 is 15.2 Å². The number of nitrogens with zero attached hydrogens (tertiary/aromatic N) is 3. The van der Waals surface area contributed by atoms with Crippen molar-refractivity contribution in [3.8, 4) is 6.07 Å². The van der Waals surface area contributed by atoms with E-state index in [0.29, 0.717) is 37.4 Å². The Kier molecular flexibility index (Phi) is 10.0. The van der Waals surface area contributed by atoms with Crippen LogP contribution >= 0.6 is 34.8 Å². The molecule has 0 fully saturated rings. The zero-order chi connectivity index (χ0) is 23.8. The molecule has 0 aromatic heterocycles. The van der Waals surface area contributed by atoms with Crippen LogP contribution < -0.4 is 10.7 Å². The van der Waals surface area contributed by atoms with Gasteiger partial charge in [-0.05, 0) is 49.6 Å². The molecule has 0 saturated heterocycles. The molecule has 2 N–H and O–H groups in total. The van der Waals surface area contributed by atoms with E-state index in [1.807, 2.05) is 32.0 Å². The minimum atomic E-state index is -0.638. The Morgan fingerprint density at radius 2 is 1.72 bits per heavy atom. The average Bonchev–Trinajstić information content (AvgIpc) is 2.73. The van der Waals surface area contributed by atoms with Crippen molar-refractivity contribution in [1.29, 1.82) is 5.26 Å². The van der Waals surface area contributed by atoms with Crippen molar-refractivity contribution in [2.75, 3.05) is 31.8 Å². The first-order chi connectivity index (χ1) is 15.2. The summed E-state index contributed by atoms with van der Waals surface area (Å²) in [6, 6.07) is 10.2. The first-order valence-electron chi connectivity index (χ1n) is 9.92. The third-order valence-corrected chi connectivity index (χ3v) is 5.79. The number of ether oxygens (including phenoxy) is 2. The molecule has 0 bridgehead atoms. The van der Waals surface area contributed by atoms with Crippen LogP contribution in [0, 0.1) is 11.3 Å². The number of likely N-dealkylation sites (N-methyl/N-ethyl adjacent to an activating group) is 1. The van der Waals surface area contributed by atoms with E-state index >= 15 is 0 Å². The van der Waals surface area contributed by atoms with Crippen molar-refractivity contribution < 1.29 is 14.3 Å². The van der Waals surface area contributed by atoms with Crippen molar-refractivity contribution >= 4 is 46.5 Å². The van der Waals surface area contributed by atoms with Gasteiger partial charge in [-0.25, -0.2) is 14.8 Å². The SMILES string of the molecule is CCOC(CN(C)N(C(N)=O)c1ccc(Cc2cc(Cl)c(C#N)c(Cl)c2Cl)cc1)OCC. The number of benzene rings is 2. The number of urea groups is 1. The number of anilines is 1. The molecule has 0 saturated carbocycles. The van der Waals surface area contributed by atoms with Crippen LogP contribution in [-0.4, -0.2) is 44.1 Å². The molecule has 32 heavy (non-hydrogen) atoms. The lowest BCUT2D eigenvalue weighted by atomic mass is 10.0. The minimum Gasteiger partial charge on any atom is -0.351 e. The van der Waals surface area contributed by atoms with Crippen LogP contribution in [0.3, 0.4) is 0 Å². The number of halogens is 3. The smallest absolute Gasteiger partial charge is 0.334 e. The fourth-order valence-corrected chi connectivity index (χ4v) is 3.96. The molecule has 172 valence electrons. The maximum absolute atomic E-state index is 12.1. The molecule has 7 nitrogen and oxygen atoms in total. The summed E-state index contributed by atoms with van der Waals surface area (Å²) >= 11 is 18.6. The molecular formula is C22H25Cl3N4O3. The van der Waals surface area contributed by atoms with E-state index in [1.54, 1.807) is 30.3 Å². The molecule has 10 heteroatoms. The Balaban J connectivity index is 2.22. The van der Waals surface area contributed by atoms with Gasteiger partial charge in [-0.3, -0.25) is 0 Å². The quantitative estimate of drug-likeness (QED) is 0.274. The zero-order valence-corrected chi connectivity index (χ0v) is 20.3. The number of hydrogen-bond acceptors (Lipinski definition) is 5. The normalized spacial score (nSPS) is 11.1. The molecular weight excluding hydrogens is 475 g/mol. The Hall–Kier alpha value is -2.05. The summed E-state index contributed by atoms with van der Waals surface area (Å²) in [7, 11) is 1.73. The number of nitrogens with two attached hydrogens (primary N) is 1. The van der Waals surface area contributed by atoms with E-state index in [0.717, 1.165) is 5.56 Å². The summed E-state index contributed by atoms with van der Waals surface area (Å²) in [4.78, 5) is 12.1. The van der Waals surface area contributed by atoms with Gasteiger partial charge in [-0.2, -0.15) is 5.26 Å². The van der Waals surface area contributed by atoms with Crippen LogP contribution in [0.1, 0.15) is 30.5 Å². The van der Waals surface area contributed by atoms with Crippen molar-refractivity contribution in [3.63, 3.8) is 0 Å². The summed E-state index contributed by atoms with van der Waals surface area (Å²) in [5.74, 6) is 0. The van der Waals surface area contributed by atoms with Gasteiger partial charge >= 0.3 is 6.03 Å². The molecule has 0 unspecified atom stereocenters. The number of amides is 2. The van der Waals surface area contributed by atoms with Gasteiger partial charge in [-0.1, -0.05) is 46.9 Å². The molecule has 2 aromatic carbocycles. The van der Waals surface area contributed by atoms with Gasteiger partial charge in [-0.15, -0.1) is 0 Å². The van der Waals surface area contributed by atoms with Gasteiger partial charge in [0.25, 0.3) is 0 Å². The highest BCUT2D eigenvalue weighted by Gasteiger charge is 2.22. The number of nitriles is 1. The van der Waals surface area contributed by atoms with E-state index in [9.17, 15) is 4.79 Å². The molecule has 0 spiro atoms. The van der Waals surface area contributed by atoms with E-state index in [1.165, 1.54) is 5.01 Å². The molecule has 0 aliphatic rings. The van der Waals surface area contributed by atoms with Crippen LogP contribution in [0.4, 0.5) is 10.5 Å². The Morgan fingerprint density at radius 3 is 2.22 bits per heavy atom. The number of hydrogen-bond donors (Lipinski definition) is 1. The number of carbonyl (C=O) groups is 1. The third-order valence-electron chi connectivity index (χ3n) is 4.59. The largest absolute Gasteiger partial charge is 0.351 e.